The standard InChI is InChI=1S/C23H29ClN2O4S/c1-23(2,3)26(22(28)15-29-4)13-21(27)25-11-9-20-18(10-12-31-20)19(25)14-30-17-7-5-16(24)6-8-17/h5-8,10,12,19H,9,11,13-15H2,1-4H3. The van der Waals surface area contributed by atoms with Crippen LogP contribution in [0, 0.1) is 0 Å². The third kappa shape index (κ3) is 5.79. The molecule has 2 aromatic rings. The molecular formula is C23H29ClN2O4S. The predicted molar refractivity (Wildman–Crippen MR) is 123 cm³/mol. The Kier molecular flexibility index (Phi) is 7.62. The summed E-state index contributed by atoms with van der Waals surface area (Å²) in [5, 5.41) is 2.70. The number of benzene rings is 1. The van der Waals surface area contributed by atoms with Crippen molar-refractivity contribution in [2.75, 3.05) is 33.4 Å². The molecule has 0 N–H and O–H groups in total. The van der Waals surface area contributed by atoms with Gasteiger partial charge >= 0.3 is 0 Å². The molecule has 0 radical (unpaired) electrons. The van der Waals surface area contributed by atoms with Crippen LogP contribution in [0.4, 0.5) is 0 Å². The molecule has 0 saturated carbocycles. The van der Waals surface area contributed by atoms with Crippen LogP contribution in [0.25, 0.3) is 0 Å². The number of hydrogen-bond acceptors (Lipinski definition) is 5. The van der Waals surface area contributed by atoms with Crippen LogP contribution in [0.1, 0.15) is 37.3 Å². The van der Waals surface area contributed by atoms with Gasteiger partial charge in [0.15, 0.2) is 0 Å². The Morgan fingerprint density at radius 3 is 2.58 bits per heavy atom. The van der Waals surface area contributed by atoms with Gasteiger partial charge in [-0.15, -0.1) is 11.3 Å². The first-order valence-electron chi connectivity index (χ1n) is 10.2. The third-order valence-corrected chi connectivity index (χ3v) is 6.56. The highest BCUT2D eigenvalue weighted by molar-refractivity contribution is 7.10. The second kappa shape index (κ2) is 10.0. The maximum atomic E-state index is 13.4. The largest absolute Gasteiger partial charge is 0.491 e. The number of amides is 2. The zero-order valence-electron chi connectivity index (χ0n) is 18.4. The molecular weight excluding hydrogens is 436 g/mol. The molecule has 1 aromatic heterocycles. The summed E-state index contributed by atoms with van der Waals surface area (Å²) in [5.74, 6) is 0.400. The summed E-state index contributed by atoms with van der Waals surface area (Å²) in [7, 11) is 1.48. The van der Waals surface area contributed by atoms with Crippen molar-refractivity contribution >= 4 is 34.8 Å². The van der Waals surface area contributed by atoms with E-state index in [1.54, 1.807) is 28.4 Å². The number of ether oxygens (including phenoxy) is 2. The Hall–Kier alpha value is -2.09. The van der Waals surface area contributed by atoms with Crippen LogP contribution in [0.2, 0.25) is 5.02 Å². The minimum absolute atomic E-state index is 0.00259. The van der Waals surface area contributed by atoms with Gasteiger partial charge in [0.1, 0.15) is 25.5 Å². The van der Waals surface area contributed by atoms with E-state index >= 15 is 0 Å². The SMILES string of the molecule is COCC(=O)N(CC(=O)N1CCc2sccc2C1COc1ccc(Cl)cc1)C(C)(C)C. The Balaban J connectivity index is 1.79. The normalized spacial score (nSPS) is 16.0. The van der Waals surface area contributed by atoms with E-state index < -0.39 is 5.54 Å². The summed E-state index contributed by atoms with van der Waals surface area (Å²) in [6, 6.07) is 9.04. The lowest BCUT2D eigenvalue weighted by Crippen LogP contribution is -2.53. The first kappa shape index (κ1) is 23.6. The molecule has 1 aliphatic rings. The Morgan fingerprint density at radius 1 is 1.23 bits per heavy atom. The number of carbonyl (C=O) groups is 2. The first-order valence-corrected chi connectivity index (χ1v) is 11.5. The first-order chi connectivity index (χ1) is 14.7. The molecule has 0 aliphatic carbocycles. The molecule has 31 heavy (non-hydrogen) atoms. The highest BCUT2D eigenvalue weighted by Crippen LogP contribution is 2.34. The molecule has 0 saturated heterocycles. The zero-order valence-corrected chi connectivity index (χ0v) is 20.0. The fourth-order valence-electron chi connectivity index (χ4n) is 3.71. The molecule has 0 fully saturated rings. The van der Waals surface area contributed by atoms with E-state index in [-0.39, 0.29) is 31.0 Å². The lowest BCUT2D eigenvalue weighted by Gasteiger charge is -2.40. The molecule has 3 rings (SSSR count). The number of rotatable bonds is 7. The molecule has 8 heteroatoms. The maximum absolute atomic E-state index is 13.4. The van der Waals surface area contributed by atoms with Crippen LogP contribution >= 0.6 is 22.9 Å². The fourth-order valence-corrected chi connectivity index (χ4v) is 4.76. The highest BCUT2D eigenvalue weighted by Gasteiger charge is 2.35. The number of methoxy groups -OCH3 is 1. The number of fused-ring (bicyclic) bond motifs is 1. The highest BCUT2D eigenvalue weighted by atomic mass is 35.5. The second-order valence-electron chi connectivity index (χ2n) is 8.50. The summed E-state index contributed by atoms with van der Waals surface area (Å²) in [6.45, 7) is 6.63. The molecule has 1 atom stereocenters. The number of nitrogens with zero attached hydrogens (tertiary/aromatic N) is 2. The molecule has 1 unspecified atom stereocenters. The van der Waals surface area contributed by atoms with Crippen molar-refractivity contribution in [2.24, 2.45) is 0 Å². The molecule has 1 aromatic carbocycles. The maximum Gasteiger partial charge on any atom is 0.249 e. The van der Waals surface area contributed by atoms with Gasteiger partial charge in [0.2, 0.25) is 11.8 Å². The molecule has 0 bridgehead atoms. The van der Waals surface area contributed by atoms with E-state index in [0.717, 1.165) is 12.0 Å². The monoisotopic (exact) mass is 464 g/mol. The summed E-state index contributed by atoms with van der Waals surface area (Å²) < 4.78 is 11.0. The van der Waals surface area contributed by atoms with Gasteiger partial charge in [-0.1, -0.05) is 11.6 Å². The van der Waals surface area contributed by atoms with Crippen molar-refractivity contribution in [3.63, 3.8) is 0 Å². The van der Waals surface area contributed by atoms with Gasteiger partial charge in [-0.05, 0) is 68.5 Å². The minimum Gasteiger partial charge on any atom is -0.491 e. The molecule has 6 nitrogen and oxygen atoms in total. The summed E-state index contributed by atoms with van der Waals surface area (Å²) in [5.41, 5.74) is 0.619. The van der Waals surface area contributed by atoms with Crippen LogP contribution in [-0.4, -0.2) is 60.6 Å². The molecule has 2 amide bonds. The van der Waals surface area contributed by atoms with Crippen LogP contribution in [0.3, 0.4) is 0 Å². The van der Waals surface area contributed by atoms with E-state index in [4.69, 9.17) is 21.1 Å². The fraction of sp³-hybridized carbons (Fsp3) is 0.478. The summed E-state index contributed by atoms with van der Waals surface area (Å²) in [6.07, 6.45) is 0.803. The van der Waals surface area contributed by atoms with Gasteiger partial charge in [0, 0.05) is 29.1 Å². The quantitative estimate of drug-likeness (QED) is 0.616. The van der Waals surface area contributed by atoms with E-state index in [2.05, 4.69) is 11.4 Å². The van der Waals surface area contributed by atoms with Crippen molar-refractivity contribution in [1.29, 1.82) is 0 Å². The van der Waals surface area contributed by atoms with Crippen LogP contribution in [0.15, 0.2) is 35.7 Å². The van der Waals surface area contributed by atoms with Crippen molar-refractivity contribution in [3.05, 3.63) is 51.2 Å². The Labute approximate surface area is 192 Å². The van der Waals surface area contributed by atoms with E-state index in [0.29, 0.717) is 23.9 Å². The van der Waals surface area contributed by atoms with E-state index in [1.165, 1.54) is 12.0 Å². The Bertz CT molecular complexity index is 907. The van der Waals surface area contributed by atoms with Crippen molar-refractivity contribution in [1.82, 2.24) is 9.80 Å². The van der Waals surface area contributed by atoms with Gasteiger partial charge in [0.25, 0.3) is 0 Å². The van der Waals surface area contributed by atoms with Gasteiger partial charge in [-0.3, -0.25) is 9.59 Å². The van der Waals surface area contributed by atoms with Gasteiger partial charge in [-0.2, -0.15) is 0 Å². The number of halogens is 1. The molecule has 168 valence electrons. The average molecular weight is 465 g/mol. The summed E-state index contributed by atoms with van der Waals surface area (Å²) >= 11 is 7.67. The lowest BCUT2D eigenvalue weighted by molar-refractivity contribution is -0.148. The molecule has 0 spiro atoms. The minimum atomic E-state index is -0.496. The van der Waals surface area contributed by atoms with Crippen LogP contribution < -0.4 is 4.74 Å². The van der Waals surface area contributed by atoms with E-state index in [1.807, 2.05) is 37.8 Å². The number of thiophene rings is 1. The third-order valence-electron chi connectivity index (χ3n) is 5.31. The topological polar surface area (TPSA) is 59.1 Å². The number of hydrogen-bond donors (Lipinski definition) is 0. The van der Waals surface area contributed by atoms with Crippen molar-refractivity contribution in [3.8, 4) is 5.75 Å². The lowest BCUT2D eigenvalue weighted by atomic mass is 10.00. The van der Waals surface area contributed by atoms with Crippen molar-refractivity contribution in [2.45, 2.75) is 38.8 Å². The molecule has 1 aliphatic heterocycles. The van der Waals surface area contributed by atoms with Gasteiger partial charge < -0.3 is 19.3 Å². The average Bonchev–Trinajstić information content (AvgIpc) is 3.19. The molecule has 2 heterocycles. The smallest absolute Gasteiger partial charge is 0.249 e. The van der Waals surface area contributed by atoms with Gasteiger partial charge in [-0.25, -0.2) is 0 Å². The number of carbonyl (C=O) groups excluding carboxylic acids is 2. The van der Waals surface area contributed by atoms with Crippen molar-refractivity contribution < 1.29 is 19.1 Å². The Morgan fingerprint density at radius 2 is 1.94 bits per heavy atom. The van der Waals surface area contributed by atoms with E-state index in [9.17, 15) is 9.59 Å². The second-order valence-corrected chi connectivity index (χ2v) is 9.94. The van der Waals surface area contributed by atoms with Gasteiger partial charge in [0.05, 0.1) is 6.04 Å². The zero-order chi connectivity index (χ0) is 22.6. The summed E-state index contributed by atoms with van der Waals surface area (Å²) in [4.78, 5) is 30.7. The van der Waals surface area contributed by atoms with Crippen LogP contribution in [0.5, 0.6) is 5.75 Å². The predicted octanol–water partition coefficient (Wildman–Crippen LogP) is 4.18. The van der Waals surface area contributed by atoms with Crippen LogP contribution in [-0.2, 0) is 20.7 Å².